The van der Waals surface area contributed by atoms with Gasteiger partial charge in [-0.05, 0) is 25.5 Å². The Labute approximate surface area is 131 Å². The summed E-state index contributed by atoms with van der Waals surface area (Å²) in [6.45, 7) is 3.25. The first-order chi connectivity index (χ1) is 10.4. The van der Waals surface area contributed by atoms with E-state index in [0.29, 0.717) is 10.5 Å². The highest BCUT2D eigenvalue weighted by molar-refractivity contribution is 6.32. The first-order valence-electron chi connectivity index (χ1n) is 6.25. The highest BCUT2D eigenvalue weighted by Crippen LogP contribution is 2.34. The molecule has 0 atom stereocenters. The number of terminal acetylenes is 1. The first-order valence-corrected chi connectivity index (χ1v) is 6.62. The van der Waals surface area contributed by atoms with Crippen molar-refractivity contribution in [3.05, 3.63) is 34.2 Å². The van der Waals surface area contributed by atoms with Crippen molar-refractivity contribution in [3.63, 3.8) is 0 Å². The number of anilines is 1. The van der Waals surface area contributed by atoms with E-state index in [9.17, 15) is 14.0 Å². The molecule has 114 valence electrons. The molecule has 2 rings (SSSR count). The number of nitrogens with zero attached hydrogens (tertiary/aromatic N) is 1. The largest absolute Gasteiger partial charge is 0.479 e. The van der Waals surface area contributed by atoms with Crippen molar-refractivity contribution >= 4 is 29.2 Å². The van der Waals surface area contributed by atoms with Gasteiger partial charge in [-0.2, -0.15) is 0 Å². The number of nitrogens with one attached hydrogen (secondary N) is 1. The van der Waals surface area contributed by atoms with E-state index >= 15 is 0 Å². The number of halogens is 2. The molecule has 1 aromatic rings. The smallest absolute Gasteiger partial charge is 0.333 e. The fraction of sp³-hybridized carbons (Fsp3) is 0.200. The summed E-state index contributed by atoms with van der Waals surface area (Å²) in [5.74, 6) is 0.863. The first kappa shape index (κ1) is 15.9. The molecule has 1 aromatic carbocycles. The molecule has 0 saturated carbocycles. The lowest BCUT2D eigenvalue weighted by Gasteiger charge is -2.15. The third-order valence-electron chi connectivity index (χ3n) is 2.91. The van der Waals surface area contributed by atoms with Crippen molar-refractivity contribution in [1.29, 1.82) is 0 Å². The summed E-state index contributed by atoms with van der Waals surface area (Å²) in [5, 5.41) is 2.39. The van der Waals surface area contributed by atoms with Gasteiger partial charge < -0.3 is 10.1 Å². The molecule has 1 aliphatic rings. The lowest BCUT2D eigenvalue weighted by molar-refractivity contribution is -0.114. The van der Waals surface area contributed by atoms with Gasteiger partial charge in [0.2, 0.25) is 0 Å². The van der Waals surface area contributed by atoms with E-state index in [1.807, 2.05) is 0 Å². The average molecular weight is 323 g/mol. The minimum atomic E-state index is -0.823. The zero-order chi connectivity index (χ0) is 16.4. The topological polar surface area (TPSA) is 58.6 Å². The van der Waals surface area contributed by atoms with Gasteiger partial charge in [0.25, 0.3) is 5.91 Å². The fourth-order valence-corrected chi connectivity index (χ4v) is 2.10. The number of allylic oxidation sites excluding steroid dienone is 1. The summed E-state index contributed by atoms with van der Waals surface area (Å²) in [6.07, 6.45) is 5.09. The maximum Gasteiger partial charge on any atom is 0.333 e. The molecule has 7 heteroatoms. The van der Waals surface area contributed by atoms with Crippen molar-refractivity contribution in [3.8, 4) is 18.1 Å². The van der Waals surface area contributed by atoms with E-state index in [2.05, 4.69) is 11.2 Å². The van der Waals surface area contributed by atoms with Gasteiger partial charge in [-0.25, -0.2) is 14.1 Å². The number of amides is 3. The van der Waals surface area contributed by atoms with Crippen LogP contribution in [0.1, 0.15) is 13.8 Å². The summed E-state index contributed by atoms with van der Waals surface area (Å²) in [4.78, 5) is 24.9. The molecule has 0 radical (unpaired) electrons. The number of carbonyl (C=O) groups is 2. The van der Waals surface area contributed by atoms with E-state index in [1.165, 1.54) is 6.07 Å². The van der Waals surface area contributed by atoms with Crippen LogP contribution in [0.15, 0.2) is 23.4 Å². The molecule has 0 spiro atoms. The van der Waals surface area contributed by atoms with E-state index < -0.39 is 17.8 Å². The third kappa shape index (κ3) is 2.76. The minimum absolute atomic E-state index is 0.00834. The van der Waals surface area contributed by atoms with Crippen LogP contribution < -0.4 is 15.0 Å². The van der Waals surface area contributed by atoms with E-state index in [0.717, 1.165) is 6.07 Å². The van der Waals surface area contributed by atoms with E-state index in [4.69, 9.17) is 22.8 Å². The Morgan fingerprint density at radius 1 is 1.45 bits per heavy atom. The Hall–Kier alpha value is -2.52. The van der Waals surface area contributed by atoms with Crippen LogP contribution in [0.2, 0.25) is 5.02 Å². The molecular formula is C15H12ClFN2O3. The number of carbonyl (C=O) groups excluding carboxylic acids is 2. The molecule has 3 amide bonds. The molecule has 1 aliphatic heterocycles. The molecule has 5 nitrogen and oxygen atoms in total. The molecule has 0 bridgehead atoms. The highest BCUT2D eigenvalue weighted by atomic mass is 35.5. The predicted molar refractivity (Wildman–Crippen MR) is 80.1 cm³/mol. The molecule has 0 unspecified atom stereocenters. The van der Waals surface area contributed by atoms with Crippen molar-refractivity contribution < 1.29 is 18.7 Å². The van der Waals surface area contributed by atoms with Crippen LogP contribution in [0, 0.1) is 18.2 Å². The molecule has 1 N–H and O–H groups in total. The SMILES string of the molecule is C#CCOc1cc(N2C(=O)NC(=C(C)C)C2=O)c(F)cc1Cl. The van der Waals surface area contributed by atoms with Crippen LogP contribution in [0.4, 0.5) is 14.9 Å². The van der Waals surface area contributed by atoms with Crippen LogP contribution in [-0.2, 0) is 4.79 Å². The summed E-state index contributed by atoms with van der Waals surface area (Å²) >= 11 is 5.85. The second-order valence-corrected chi connectivity index (χ2v) is 5.08. The van der Waals surface area contributed by atoms with Crippen molar-refractivity contribution in [1.82, 2.24) is 5.32 Å². The van der Waals surface area contributed by atoms with Gasteiger partial charge in [-0.15, -0.1) is 6.42 Å². The van der Waals surface area contributed by atoms with Crippen molar-refractivity contribution in [2.24, 2.45) is 0 Å². The van der Waals surface area contributed by atoms with Crippen LogP contribution in [-0.4, -0.2) is 18.5 Å². The quantitative estimate of drug-likeness (QED) is 0.529. The number of benzene rings is 1. The fourth-order valence-electron chi connectivity index (χ4n) is 1.90. The van der Waals surface area contributed by atoms with Crippen LogP contribution in [0.5, 0.6) is 5.75 Å². The van der Waals surface area contributed by atoms with E-state index in [-0.39, 0.29) is 28.8 Å². The van der Waals surface area contributed by atoms with Gasteiger partial charge in [-0.3, -0.25) is 4.79 Å². The maximum absolute atomic E-state index is 14.1. The number of hydrogen-bond acceptors (Lipinski definition) is 3. The lowest BCUT2D eigenvalue weighted by Crippen LogP contribution is -2.31. The third-order valence-corrected chi connectivity index (χ3v) is 3.20. The highest BCUT2D eigenvalue weighted by Gasteiger charge is 2.37. The van der Waals surface area contributed by atoms with Gasteiger partial charge in [0.15, 0.2) is 0 Å². The number of hydrogen-bond donors (Lipinski definition) is 1. The van der Waals surface area contributed by atoms with E-state index in [1.54, 1.807) is 13.8 Å². The zero-order valence-electron chi connectivity index (χ0n) is 11.9. The predicted octanol–water partition coefficient (Wildman–Crippen LogP) is 2.84. The summed E-state index contributed by atoms with van der Waals surface area (Å²) in [6, 6.07) is 1.38. The molecule has 1 saturated heterocycles. The molecular weight excluding hydrogens is 311 g/mol. The number of imide groups is 1. The molecule has 1 heterocycles. The Kier molecular flexibility index (Phi) is 4.38. The van der Waals surface area contributed by atoms with Crippen LogP contribution in [0.3, 0.4) is 0 Å². The van der Waals surface area contributed by atoms with Gasteiger partial charge >= 0.3 is 6.03 Å². The van der Waals surface area contributed by atoms with Gasteiger partial charge in [0.1, 0.15) is 23.9 Å². The number of rotatable bonds is 3. The Morgan fingerprint density at radius 2 is 2.14 bits per heavy atom. The molecule has 0 aliphatic carbocycles. The second kappa shape index (κ2) is 6.08. The average Bonchev–Trinajstić information content (AvgIpc) is 2.74. The van der Waals surface area contributed by atoms with Gasteiger partial charge in [-0.1, -0.05) is 17.5 Å². The zero-order valence-corrected chi connectivity index (χ0v) is 12.6. The van der Waals surface area contributed by atoms with Crippen LogP contribution in [0.25, 0.3) is 0 Å². The van der Waals surface area contributed by atoms with Crippen molar-refractivity contribution in [2.75, 3.05) is 11.5 Å². The summed E-state index contributed by atoms with van der Waals surface area (Å²) in [5.41, 5.74) is 0.472. The van der Waals surface area contributed by atoms with Gasteiger partial charge in [0, 0.05) is 6.07 Å². The normalized spacial score (nSPS) is 14.0. The molecule has 1 fully saturated rings. The summed E-state index contributed by atoms with van der Waals surface area (Å²) in [7, 11) is 0. The minimum Gasteiger partial charge on any atom is -0.479 e. The molecule has 0 aromatic heterocycles. The lowest BCUT2D eigenvalue weighted by atomic mass is 10.2. The van der Waals surface area contributed by atoms with Gasteiger partial charge in [0.05, 0.1) is 10.7 Å². The van der Waals surface area contributed by atoms with Crippen LogP contribution >= 0.6 is 11.6 Å². The Bertz CT molecular complexity index is 733. The van der Waals surface area contributed by atoms with Crippen molar-refractivity contribution in [2.45, 2.75) is 13.8 Å². The number of ether oxygens (including phenoxy) is 1. The summed E-state index contributed by atoms with van der Waals surface area (Å²) < 4.78 is 19.3. The Balaban J connectivity index is 2.49. The number of urea groups is 1. The monoisotopic (exact) mass is 322 g/mol. The maximum atomic E-state index is 14.1. The Morgan fingerprint density at radius 3 is 2.68 bits per heavy atom. The second-order valence-electron chi connectivity index (χ2n) is 4.67. The molecule has 22 heavy (non-hydrogen) atoms. The standard InChI is InChI=1S/C15H12ClFN2O3/c1-4-5-22-12-7-11(10(17)6-9(12)16)19-14(20)13(8(2)3)18-15(19)21/h1,6-7H,5H2,2-3H3,(H,18,21).